The topological polar surface area (TPSA) is 64.7 Å². The molecule has 0 aliphatic rings. The van der Waals surface area contributed by atoms with Gasteiger partial charge >= 0.3 is 0 Å². The molecule has 1 unspecified atom stereocenters. The Morgan fingerprint density at radius 1 is 1.31 bits per heavy atom. The van der Waals surface area contributed by atoms with E-state index in [2.05, 4.69) is 0 Å². The molecular weight excluding hydrogens is 170 g/mol. The second-order valence-electron chi connectivity index (χ2n) is 3.52. The number of aliphatic hydroxyl groups excluding tert-OH is 1. The van der Waals surface area contributed by atoms with Crippen molar-refractivity contribution in [1.29, 1.82) is 0 Å². The van der Waals surface area contributed by atoms with Crippen molar-refractivity contribution in [1.82, 2.24) is 0 Å². The molecule has 0 spiro atoms. The van der Waals surface area contributed by atoms with Crippen molar-refractivity contribution < 1.29 is 14.6 Å². The molecule has 0 saturated carbocycles. The molecule has 0 fully saturated rings. The Morgan fingerprint density at radius 2 is 2.00 bits per heavy atom. The Hall–Kier alpha value is -0.160. The molecule has 0 heterocycles. The lowest BCUT2D eigenvalue weighted by Gasteiger charge is -2.21. The SMILES string of the molecule is COCCCOCCC(C)(N)CO. The molecule has 0 aliphatic carbocycles. The normalized spacial score (nSPS) is 15.7. The van der Waals surface area contributed by atoms with E-state index in [-0.39, 0.29) is 6.61 Å². The van der Waals surface area contributed by atoms with Crippen LogP contribution in [0.15, 0.2) is 0 Å². The van der Waals surface area contributed by atoms with E-state index in [1.807, 2.05) is 6.92 Å². The number of methoxy groups -OCH3 is 1. The number of aliphatic hydroxyl groups is 1. The van der Waals surface area contributed by atoms with Gasteiger partial charge in [-0.3, -0.25) is 0 Å². The van der Waals surface area contributed by atoms with Gasteiger partial charge in [0.05, 0.1) is 6.61 Å². The lowest BCUT2D eigenvalue weighted by Crippen LogP contribution is -2.41. The smallest absolute Gasteiger partial charge is 0.0609 e. The van der Waals surface area contributed by atoms with Crippen LogP contribution in [0.4, 0.5) is 0 Å². The molecule has 0 saturated heterocycles. The predicted octanol–water partition coefficient (Wildman–Crippen LogP) is 0.139. The Morgan fingerprint density at radius 3 is 2.54 bits per heavy atom. The van der Waals surface area contributed by atoms with Crippen molar-refractivity contribution in [3.8, 4) is 0 Å². The fourth-order valence-electron chi connectivity index (χ4n) is 0.792. The third-order valence-corrected chi connectivity index (χ3v) is 1.82. The molecule has 4 heteroatoms. The van der Waals surface area contributed by atoms with Gasteiger partial charge in [0.2, 0.25) is 0 Å². The van der Waals surface area contributed by atoms with Crippen LogP contribution in [-0.4, -0.2) is 44.2 Å². The maximum Gasteiger partial charge on any atom is 0.0609 e. The molecule has 80 valence electrons. The van der Waals surface area contributed by atoms with Crippen LogP contribution in [0.2, 0.25) is 0 Å². The summed E-state index contributed by atoms with van der Waals surface area (Å²) in [7, 11) is 1.67. The second-order valence-corrected chi connectivity index (χ2v) is 3.52. The lowest BCUT2D eigenvalue weighted by atomic mass is 10.0. The molecule has 0 rings (SSSR count). The van der Waals surface area contributed by atoms with Crippen LogP contribution in [0.5, 0.6) is 0 Å². The Kier molecular flexibility index (Phi) is 7.17. The van der Waals surface area contributed by atoms with Gasteiger partial charge in [0.25, 0.3) is 0 Å². The van der Waals surface area contributed by atoms with Gasteiger partial charge in [-0.1, -0.05) is 0 Å². The van der Waals surface area contributed by atoms with Gasteiger partial charge in [0.15, 0.2) is 0 Å². The molecule has 0 bridgehead atoms. The van der Waals surface area contributed by atoms with Crippen molar-refractivity contribution in [2.75, 3.05) is 33.5 Å². The molecule has 4 nitrogen and oxygen atoms in total. The van der Waals surface area contributed by atoms with E-state index in [1.165, 1.54) is 0 Å². The van der Waals surface area contributed by atoms with Gasteiger partial charge in [-0.25, -0.2) is 0 Å². The largest absolute Gasteiger partial charge is 0.394 e. The first-order valence-electron chi connectivity index (χ1n) is 4.59. The van der Waals surface area contributed by atoms with Gasteiger partial charge in [0, 0.05) is 32.5 Å². The summed E-state index contributed by atoms with van der Waals surface area (Å²) < 4.78 is 10.2. The quantitative estimate of drug-likeness (QED) is 0.536. The van der Waals surface area contributed by atoms with Crippen molar-refractivity contribution in [2.45, 2.75) is 25.3 Å². The summed E-state index contributed by atoms with van der Waals surface area (Å²) >= 11 is 0. The zero-order valence-corrected chi connectivity index (χ0v) is 8.58. The monoisotopic (exact) mass is 191 g/mol. The van der Waals surface area contributed by atoms with E-state index < -0.39 is 5.54 Å². The molecule has 0 aromatic rings. The van der Waals surface area contributed by atoms with E-state index in [0.29, 0.717) is 19.6 Å². The van der Waals surface area contributed by atoms with E-state index >= 15 is 0 Å². The van der Waals surface area contributed by atoms with Crippen molar-refractivity contribution in [2.24, 2.45) is 5.73 Å². The lowest BCUT2D eigenvalue weighted by molar-refractivity contribution is 0.0819. The Balaban J connectivity index is 3.16. The van der Waals surface area contributed by atoms with E-state index in [0.717, 1.165) is 13.0 Å². The Labute approximate surface area is 80.0 Å². The predicted molar refractivity (Wildman–Crippen MR) is 51.6 cm³/mol. The van der Waals surface area contributed by atoms with Crippen LogP contribution >= 0.6 is 0 Å². The van der Waals surface area contributed by atoms with Gasteiger partial charge in [-0.05, 0) is 19.8 Å². The highest BCUT2D eigenvalue weighted by Gasteiger charge is 2.15. The van der Waals surface area contributed by atoms with E-state index in [1.54, 1.807) is 7.11 Å². The van der Waals surface area contributed by atoms with Crippen LogP contribution < -0.4 is 5.73 Å². The number of hydrogen-bond acceptors (Lipinski definition) is 4. The zero-order chi connectivity index (χ0) is 10.2. The summed E-state index contributed by atoms with van der Waals surface area (Å²) in [5, 5.41) is 8.83. The summed E-state index contributed by atoms with van der Waals surface area (Å²) in [5.41, 5.74) is 5.19. The van der Waals surface area contributed by atoms with Crippen LogP contribution in [0.3, 0.4) is 0 Å². The molecule has 3 N–H and O–H groups in total. The van der Waals surface area contributed by atoms with Crippen LogP contribution in [0.1, 0.15) is 19.8 Å². The number of ether oxygens (including phenoxy) is 2. The summed E-state index contributed by atoms with van der Waals surface area (Å²) in [5.74, 6) is 0. The molecule has 0 aromatic carbocycles. The van der Waals surface area contributed by atoms with E-state index in [9.17, 15) is 0 Å². The van der Waals surface area contributed by atoms with Crippen molar-refractivity contribution in [3.63, 3.8) is 0 Å². The first kappa shape index (κ1) is 12.8. The standard InChI is InChI=1S/C9H21NO3/c1-9(10,8-11)4-7-13-6-3-5-12-2/h11H,3-8,10H2,1-2H3. The molecule has 13 heavy (non-hydrogen) atoms. The summed E-state index contributed by atoms with van der Waals surface area (Å²) in [6, 6.07) is 0. The van der Waals surface area contributed by atoms with Gasteiger partial charge in [-0.2, -0.15) is 0 Å². The second kappa shape index (κ2) is 7.26. The third kappa shape index (κ3) is 8.18. The Bertz CT molecular complexity index is 117. The number of rotatable bonds is 8. The summed E-state index contributed by atoms with van der Waals surface area (Å²) in [4.78, 5) is 0. The van der Waals surface area contributed by atoms with Crippen LogP contribution in [0.25, 0.3) is 0 Å². The van der Waals surface area contributed by atoms with Gasteiger partial charge < -0.3 is 20.3 Å². The minimum absolute atomic E-state index is 0.00552. The maximum absolute atomic E-state index is 8.83. The highest BCUT2D eigenvalue weighted by atomic mass is 16.5. The molecule has 0 aromatic heterocycles. The zero-order valence-electron chi connectivity index (χ0n) is 8.58. The molecular formula is C9H21NO3. The number of nitrogens with two attached hydrogens (primary N) is 1. The molecule has 0 radical (unpaired) electrons. The molecule has 0 aliphatic heterocycles. The molecule has 1 atom stereocenters. The fourth-order valence-corrected chi connectivity index (χ4v) is 0.792. The van der Waals surface area contributed by atoms with Crippen molar-refractivity contribution >= 4 is 0 Å². The summed E-state index contributed by atoms with van der Waals surface area (Å²) in [6.45, 7) is 3.81. The van der Waals surface area contributed by atoms with Crippen molar-refractivity contribution in [3.05, 3.63) is 0 Å². The average molecular weight is 191 g/mol. The number of hydrogen-bond donors (Lipinski definition) is 2. The first-order chi connectivity index (χ1) is 6.12. The fraction of sp³-hybridized carbons (Fsp3) is 1.00. The van der Waals surface area contributed by atoms with Crippen LogP contribution in [0, 0.1) is 0 Å². The molecule has 0 amide bonds. The highest BCUT2D eigenvalue weighted by molar-refractivity contribution is 4.76. The van der Waals surface area contributed by atoms with Crippen LogP contribution in [-0.2, 0) is 9.47 Å². The third-order valence-electron chi connectivity index (χ3n) is 1.82. The minimum Gasteiger partial charge on any atom is -0.394 e. The van der Waals surface area contributed by atoms with E-state index in [4.69, 9.17) is 20.3 Å². The first-order valence-corrected chi connectivity index (χ1v) is 4.59. The average Bonchev–Trinajstić information content (AvgIpc) is 2.11. The highest BCUT2D eigenvalue weighted by Crippen LogP contribution is 2.03. The van der Waals surface area contributed by atoms with Gasteiger partial charge in [-0.15, -0.1) is 0 Å². The summed E-state index contributed by atoms with van der Waals surface area (Å²) in [6.07, 6.45) is 1.58. The minimum atomic E-state index is -0.513. The van der Waals surface area contributed by atoms with Gasteiger partial charge in [0.1, 0.15) is 0 Å². The maximum atomic E-state index is 8.83.